The molecule has 0 bridgehead atoms. The molecule has 1 atom stereocenters. The van der Waals surface area contributed by atoms with Gasteiger partial charge in [0.2, 0.25) is 5.91 Å². The number of aliphatic hydroxyl groups excluding tert-OH is 1. The van der Waals surface area contributed by atoms with E-state index in [4.69, 9.17) is 0 Å². The number of nitrogens with one attached hydrogen (secondary N) is 1. The van der Waals surface area contributed by atoms with Crippen molar-refractivity contribution in [1.82, 2.24) is 5.32 Å². The van der Waals surface area contributed by atoms with Crippen LogP contribution in [-0.4, -0.2) is 29.8 Å². The number of halogens is 3. The number of carbonyl (C=O) groups is 1. The number of aliphatic hydroxyl groups is 1. The van der Waals surface area contributed by atoms with Gasteiger partial charge in [-0.15, -0.1) is 0 Å². The topological polar surface area (TPSA) is 49.3 Å². The van der Waals surface area contributed by atoms with Gasteiger partial charge in [0.25, 0.3) is 0 Å². The molecular formula is C15H18F3NO2. The van der Waals surface area contributed by atoms with Gasteiger partial charge in [-0.1, -0.05) is 44.2 Å². The second-order valence-corrected chi connectivity index (χ2v) is 4.98. The minimum absolute atomic E-state index is 0.0791. The van der Waals surface area contributed by atoms with Crippen molar-refractivity contribution in [2.24, 2.45) is 5.92 Å². The molecule has 0 aromatic heterocycles. The molecule has 0 aliphatic rings. The molecule has 1 aromatic carbocycles. The molecule has 21 heavy (non-hydrogen) atoms. The number of rotatable bonds is 5. The normalized spacial score (nSPS) is 14.1. The first-order chi connectivity index (χ1) is 9.71. The highest BCUT2D eigenvalue weighted by atomic mass is 19.4. The van der Waals surface area contributed by atoms with Gasteiger partial charge in [-0.3, -0.25) is 4.79 Å². The van der Waals surface area contributed by atoms with Crippen LogP contribution in [0.3, 0.4) is 0 Å². The fraction of sp³-hybridized carbons (Fsp3) is 0.400. The van der Waals surface area contributed by atoms with Crippen molar-refractivity contribution < 1.29 is 23.1 Å². The van der Waals surface area contributed by atoms with Crippen LogP contribution >= 0.6 is 0 Å². The summed E-state index contributed by atoms with van der Waals surface area (Å²) >= 11 is 0. The molecule has 0 saturated heterocycles. The van der Waals surface area contributed by atoms with Crippen molar-refractivity contribution in [3.63, 3.8) is 0 Å². The molecule has 1 rings (SSSR count). The first-order valence-corrected chi connectivity index (χ1v) is 6.52. The van der Waals surface area contributed by atoms with Gasteiger partial charge >= 0.3 is 6.18 Å². The lowest BCUT2D eigenvalue weighted by Crippen LogP contribution is -2.34. The van der Waals surface area contributed by atoms with E-state index in [1.807, 2.05) is 0 Å². The Morgan fingerprint density at radius 2 is 1.86 bits per heavy atom. The number of hydrogen-bond acceptors (Lipinski definition) is 2. The van der Waals surface area contributed by atoms with Crippen LogP contribution in [0.4, 0.5) is 13.2 Å². The van der Waals surface area contributed by atoms with Gasteiger partial charge in [-0.05, 0) is 11.5 Å². The number of hydrogen-bond donors (Lipinski definition) is 2. The molecular weight excluding hydrogens is 283 g/mol. The second kappa shape index (κ2) is 7.26. The highest BCUT2D eigenvalue weighted by Crippen LogP contribution is 2.33. The third kappa shape index (κ3) is 5.59. The van der Waals surface area contributed by atoms with Crippen LogP contribution in [0.2, 0.25) is 0 Å². The molecule has 0 aliphatic heterocycles. The molecule has 0 radical (unpaired) electrons. The molecule has 0 heterocycles. The van der Waals surface area contributed by atoms with Crippen LogP contribution in [0.5, 0.6) is 0 Å². The van der Waals surface area contributed by atoms with Gasteiger partial charge in [-0.25, -0.2) is 0 Å². The molecule has 0 spiro atoms. The van der Waals surface area contributed by atoms with E-state index >= 15 is 0 Å². The predicted molar refractivity (Wildman–Crippen MR) is 74.3 cm³/mol. The van der Waals surface area contributed by atoms with Crippen molar-refractivity contribution in [2.75, 3.05) is 6.54 Å². The van der Waals surface area contributed by atoms with E-state index in [9.17, 15) is 23.1 Å². The van der Waals surface area contributed by atoms with Crippen LogP contribution in [0.15, 0.2) is 36.4 Å². The number of allylic oxidation sites excluding steroid dienone is 1. The maximum absolute atomic E-state index is 13.0. The number of benzene rings is 1. The summed E-state index contributed by atoms with van der Waals surface area (Å²) in [6.45, 7) is 3.41. The Bertz CT molecular complexity index is 495. The average molecular weight is 301 g/mol. The first-order valence-electron chi connectivity index (χ1n) is 6.52. The Balaban J connectivity index is 2.87. The van der Waals surface area contributed by atoms with Crippen LogP contribution in [0, 0.1) is 5.92 Å². The Morgan fingerprint density at radius 3 is 2.33 bits per heavy atom. The molecule has 1 unspecified atom stereocenters. The molecule has 1 aromatic rings. The molecule has 6 heteroatoms. The third-order valence-corrected chi connectivity index (χ3v) is 2.92. The van der Waals surface area contributed by atoms with E-state index in [-0.39, 0.29) is 18.0 Å². The van der Waals surface area contributed by atoms with E-state index in [0.29, 0.717) is 6.08 Å². The van der Waals surface area contributed by atoms with Crippen molar-refractivity contribution >= 4 is 11.5 Å². The van der Waals surface area contributed by atoms with Crippen molar-refractivity contribution in [3.8, 4) is 0 Å². The fourth-order valence-corrected chi connectivity index (χ4v) is 1.57. The molecule has 0 saturated carbocycles. The Labute approximate surface area is 121 Å². The van der Waals surface area contributed by atoms with Gasteiger partial charge in [0.05, 0.1) is 11.7 Å². The van der Waals surface area contributed by atoms with Crippen molar-refractivity contribution in [3.05, 3.63) is 42.0 Å². The summed E-state index contributed by atoms with van der Waals surface area (Å²) in [5, 5.41) is 11.8. The summed E-state index contributed by atoms with van der Waals surface area (Å²) in [5.74, 6) is -0.976. The average Bonchev–Trinajstić information content (AvgIpc) is 2.41. The van der Waals surface area contributed by atoms with Crippen molar-refractivity contribution in [1.29, 1.82) is 0 Å². The lowest BCUT2D eigenvalue weighted by molar-refractivity contribution is -0.117. The van der Waals surface area contributed by atoms with Crippen LogP contribution in [0.25, 0.3) is 5.57 Å². The van der Waals surface area contributed by atoms with E-state index in [2.05, 4.69) is 5.32 Å². The lowest BCUT2D eigenvalue weighted by Gasteiger charge is -2.15. The molecule has 3 nitrogen and oxygen atoms in total. The Kier molecular flexibility index (Phi) is 5.96. The van der Waals surface area contributed by atoms with Gasteiger partial charge < -0.3 is 10.4 Å². The van der Waals surface area contributed by atoms with E-state index in [1.54, 1.807) is 19.9 Å². The SMILES string of the molecule is CC(C)C(O)CNC(=O)/C=C(/c1ccccc1)C(F)(F)F. The standard InChI is InChI=1S/C15H18F3NO2/c1-10(2)13(20)9-19-14(21)8-12(15(16,17)18)11-6-4-3-5-7-11/h3-8,10,13,20H,9H2,1-2H3,(H,19,21)/b12-8-. The van der Waals surface area contributed by atoms with E-state index in [1.165, 1.54) is 24.3 Å². The number of amides is 1. The van der Waals surface area contributed by atoms with Gasteiger partial charge in [-0.2, -0.15) is 13.2 Å². The summed E-state index contributed by atoms with van der Waals surface area (Å²) in [6.07, 6.45) is -4.91. The quantitative estimate of drug-likeness (QED) is 0.822. The summed E-state index contributed by atoms with van der Waals surface area (Å²) in [6, 6.07) is 7.10. The zero-order valence-corrected chi connectivity index (χ0v) is 11.8. The van der Waals surface area contributed by atoms with E-state index in [0.717, 1.165) is 0 Å². The largest absolute Gasteiger partial charge is 0.417 e. The fourth-order valence-electron chi connectivity index (χ4n) is 1.57. The molecule has 116 valence electrons. The maximum Gasteiger partial charge on any atom is 0.417 e. The van der Waals surface area contributed by atoms with Crippen molar-refractivity contribution in [2.45, 2.75) is 26.1 Å². The summed E-state index contributed by atoms with van der Waals surface area (Å²) in [4.78, 5) is 11.6. The maximum atomic E-state index is 13.0. The van der Waals surface area contributed by atoms with Crippen LogP contribution < -0.4 is 5.32 Å². The number of carbonyl (C=O) groups excluding carboxylic acids is 1. The second-order valence-electron chi connectivity index (χ2n) is 4.98. The summed E-state index contributed by atoms with van der Waals surface area (Å²) in [7, 11) is 0. The Hall–Kier alpha value is -1.82. The predicted octanol–water partition coefficient (Wildman–Crippen LogP) is 2.77. The zero-order chi connectivity index (χ0) is 16.0. The Morgan fingerprint density at radius 1 is 1.29 bits per heavy atom. The summed E-state index contributed by atoms with van der Waals surface area (Å²) in [5.41, 5.74) is -1.09. The zero-order valence-electron chi connectivity index (χ0n) is 11.8. The molecule has 2 N–H and O–H groups in total. The first kappa shape index (κ1) is 17.2. The molecule has 1 amide bonds. The smallest absolute Gasteiger partial charge is 0.391 e. The highest BCUT2D eigenvalue weighted by molar-refractivity contribution is 5.96. The highest BCUT2D eigenvalue weighted by Gasteiger charge is 2.35. The minimum atomic E-state index is -4.63. The summed E-state index contributed by atoms with van der Waals surface area (Å²) < 4.78 is 39.0. The van der Waals surface area contributed by atoms with Crippen LogP contribution in [0.1, 0.15) is 19.4 Å². The minimum Gasteiger partial charge on any atom is -0.391 e. The third-order valence-electron chi connectivity index (χ3n) is 2.92. The molecule has 0 aliphatic carbocycles. The van der Waals surface area contributed by atoms with E-state index < -0.39 is 23.8 Å². The lowest BCUT2D eigenvalue weighted by atomic mass is 10.0. The van der Waals surface area contributed by atoms with Crippen LogP contribution in [-0.2, 0) is 4.79 Å². The number of alkyl halides is 3. The van der Waals surface area contributed by atoms with Gasteiger partial charge in [0.15, 0.2) is 0 Å². The van der Waals surface area contributed by atoms with Gasteiger partial charge in [0, 0.05) is 12.6 Å². The monoisotopic (exact) mass is 301 g/mol. The van der Waals surface area contributed by atoms with Gasteiger partial charge in [0.1, 0.15) is 0 Å². The molecule has 0 fully saturated rings.